The maximum Gasteiger partial charge on any atom is 0.299 e. The zero-order valence-electron chi connectivity index (χ0n) is 7.39. The van der Waals surface area contributed by atoms with E-state index in [1.54, 1.807) is 18.2 Å². The Morgan fingerprint density at radius 2 is 2.21 bits per heavy atom. The molecule has 1 aromatic rings. The van der Waals surface area contributed by atoms with Crippen LogP contribution in [0, 0.1) is 11.8 Å². The van der Waals surface area contributed by atoms with Gasteiger partial charge in [-0.2, -0.15) is 8.78 Å². The zero-order chi connectivity index (χ0) is 9.97. The molecule has 0 N–H and O–H groups in total. The van der Waals surface area contributed by atoms with Gasteiger partial charge in [0.05, 0.1) is 6.61 Å². The van der Waals surface area contributed by atoms with Crippen LogP contribution in [0.4, 0.5) is 8.78 Å². The van der Waals surface area contributed by atoms with Crippen molar-refractivity contribution in [1.82, 2.24) is 0 Å². The standard InChI is InChI=1S/C11H8F2O/c12-11(13)4-2-8-1-3-10-9(7-8)5-6-14-10/h1,3,7,11H,5-6H2. The predicted octanol–water partition coefficient (Wildman–Crippen LogP) is 2.24. The van der Waals surface area contributed by atoms with Gasteiger partial charge >= 0.3 is 0 Å². The molecule has 0 saturated heterocycles. The number of benzene rings is 1. The van der Waals surface area contributed by atoms with E-state index in [9.17, 15) is 8.78 Å². The lowest BCUT2D eigenvalue weighted by Gasteiger charge is -1.97. The molecule has 14 heavy (non-hydrogen) atoms. The summed E-state index contributed by atoms with van der Waals surface area (Å²) in [6.07, 6.45) is -1.74. The van der Waals surface area contributed by atoms with Gasteiger partial charge in [0.2, 0.25) is 0 Å². The molecule has 3 heteroatoms. The Bertz CT molecular complexity index is 401. The molecule has 1 aromatic carbocycles. The Hall–Kier alpha value is -1.56. The van der Waals surface area contributed by atoms with Crippen molar-refractivity contribution in [3.05, 3.63) is 29.3 Å². The average Bonchev–Trinajstić information content (AvgIpc) is 2.61. The second-order valence-electron chi connectivity index (χ2n) is 2.99. The summed E-state index contributed by atoms with van der Waals surface area (Å²) in [5.41, 5.74) is 1.67. The summed E-state index contributed by atoms with van der Waals surface area (Å²) in [5, 5.41) is 0. The molecule has 0 spiro atoms. The maximum atomic E-state index is 11.8. The molecule has 0 aromatic heterocycles. The van der Waals surface area contributed by atoms with Gasteiger partial charge in [-0.05, 0) is 29.7 Å². The van der Waals surface area contributed by atoms with Crippen LogP contribution in [0.25, 0.3) is 0 Å². The van der Waals surface area contributed by atoms with Crippen LogP contribution >= 0.6 is 0 Å². The number of fused-ring (bicyclic) bond motifs is 1. The minimum Gasteiger partial charge on any atom is -0.493 e. The highest BCUT2D eigenvalue weighted by Gasteiger charge is 2.11. The van der Waals surface area contributed by atoms with E-state index >= 15 is 0 Å². The molecule has 0 unspecified atom stereocenters. The summed E-state index contributed by atoms with van der Waals surface area (Å²) in [6, 6.07) is 5.27. The summed E-state index contributed by atoms with van der Waals surface area (Å²) in [4.78, 5) is 0. The van der Waals surface area contributed by atoms with Crippen LogP contribution in [0.3, 0.4) is 0 Å². The molecular formula is C11H8F2O. The van der Waals surface area contributed by atoms with E-state index in [2.05, 4.69) is 5.92 Å². The maximum absolute atomic E-state index is 11.8. The number of hydrogen-bond donors (Lipinski definition) is 0. The van der Waals surface area contributed by atoms with E-state index in [0.29, 0.717) is 12.2 Å². The van der Waals surface area contributed by atoms with Gasteiger partial charge in [0.25, 0.3) is 6.43 Å². The van der Waals surface area contributed by atoms with E-state index in [-0.39, 0.29) is 0 Å². The quantitative estimate of drug-likeness (QED) is 0.575. The number of alkyl halides is 2. The first-order chi connectivity index (χ1) is 6.75. The summed E-state index contributed by atoms with van der Waals surface area (Å²) in [7, 11) is 0. The molecule has 0 amide bonds. The van der Waals surface area contributed by atoms with E-state index in [4.69, 9.17) is 4.74 Å². The fourth-order valence-electron chi connectivity index (χ4n) is 1.40. The molecule has 0 fully saturated rings. The molecule has 0 radical (unpaired) electrons. The van der Waals surface area contributed by atoms with Gasteiger partial charge in [-0.1, -0.05) is 5.92 Å². The summed E-state index contributed by atoms with van der Waals surface area (Å²) in [5.74, 6) is 5.09. The van der Waals surface area contributed by atoms with E-state index < -0.39 is 6.43 Å². The first kappa shape index (κ1) is 9.01. The van der Waals surface area contributed by atoms with Crippen molar-refractivity contribution in [2.75, 3.05) is 6.61 Å². The normalized spacial score (nSPS) is 13.1. The molecule has 0 aliphatic carbocycles. The average molecular weight is 194 g/mol. The van der Waals surface area contributed by atoms with Gasteiger partial charge in [0.1, 0.15) is 5.75 Å². The van der Waals surface area contributed by atoms with Crippen molar-refractivity contribution in [2.45, 2.75) is 12.8 Å². The van der Waals surface area contributed by atoms with Crippen molar-refractivity contribution in [3.63, 3.8) is 0 Å². The first-order valence-corrected chi connectivity index (χ1v) is 4.31. The Morgan fingerprint density at radius 1 is 1.36 bits per heavy atom. The van der Waals surface area contributed by atoms with Crippen molar-refractivity contribution >= 4 is 0 Å². The number of halogens is 2. The first-order valence-electron chi connectivity index (χ1n) is 4.31. The summed E-state index contributed by atoms with van der Waals surface area (Å²) >= 11 is 0. The molecule has 2 rings (SSSR count). The van der Waals surface area contributed by atoms with Crippen LogP contribution in [-0.2, 0) is 6.42 Å². The minimum absolute atomic E-state index is 0.620. The van der Waals surface area contributed by atoms with Gasteiger partial charge in [-0.25, -0.2) is 0 Å². The van der Waals surface area contributed by atoms with Crippen molar-refractivity contribution < 1.29 is 13.5 Å². The molecule has 0 saturated carbocycles. The molecule has 1 heterocycles. The van der Waals surface area contributed by atoms with Crippen LogP contribution in [0.1, 0.15) is 11.1 Å². The van der Waals surface area contributed by atoms with E-state index in [0.717, 1.165) is 17.7 Å². The highest BCUT2D eigenvalue weighted by molar-refractivity contribution is 5.45. The van der Waals surface area contributed by atoms with E-state index in [1.165, 1.54) is 0 Å². The van der Waals surface area contributed by atoms with Crippen molar-refractivity contribution in [1.29, 1.82) is 0 Å². The van der Waals surface area contributed by atoms with Gasteiger partial charge in [0.15, 0.2) is 0 Å². The SMILES string of the molecule is FC(F)C#Cc1ccc2c(c1)CCO2. The molecule has 72 valence electrons. The molecular weight excluding hydrogens is 186 g/mol. The summed E-state index contributed by atoms with van der Waals surface area (Å²) < 4.78 is 28.9. The molecule has 0 atom stereocenters. The monoisotopic (exact) mass is 194 g/mol. The van der Waals surface area contributed by atoms with Crippen LogP contribution in [0.2, 0.25) is 0 Å². The van der Waals surface area contributed by atoms with Gasteiger partial charge in [-0.15, -0.1) is 0 Å². The molecule has 1 aliphatic rings. The van der Waals surface area contributed by atoms with Gasteiger partial charge in [0, 0.05) is 12.0 Å². The smallest absolute Gasteiger partial charge is 0.299 e. The van der Waals surface area contributed by atoms with Crippen LogP contribution in [0.15, 0.2) is 18.2 Å². The third-order valence-corrected chi connectivity index (χ3v) is 2.02. The van der Waals surface area contributed by atoms with E-state index in [1.807, 2.05) is 5.92 Å². The Kier molecular flexibility index (Phi) is 2.36. The van der Waals surface area contributed by atoms with Crippen molar-refractivity contribution in [2.24, 2.45) is 0 Å². The summed E-state index contributed by atoms with van der Waals surface area (Å²) in [6.45, 7) is 0.668. The fourth-order valence-corrected chi connectivity index (χ4v) is 1.40. The van der Waals surface area contributed by atoms with Crippen molar-refractivity contribution in [3.8, 4) is 17.6 Å². The number of hydrogen-bond acceptors (Lipinski definition) is 1. The predicted molar refractivity (Wildman–Crippen MR) is 48.5 cm³/mol. The zero-order valence-corrected chi connectivity index (χ0v) is 7.39. The van der Waals surface area contributed by atoms with Crippen LogP contribution < -0.4 is 4.74 Å². The second kappa shape index (κ2) is 3.67. The minimum atomic E-state index is -2.57. The topological polar surface area (TPSA) is 9.23 Å². The highest BCUT2D eigenvalue weighted by atomic mass is 19.3. The second-order valence-corrected chi connectivity index (χ2v) is 2.99. The largest absolute Gasteiger partial charge is 0.493 e. The van der Waals surface area contributed by atoms with Crippen LogP contribution in [-0.4, -0.2) is 13.0 Å². The lowest BCUT2D eigenvalue weighted by molar-refractivity contribution is 0.215. The molecule has 0 bridgehead atoms. The van der Waals surface area contributed by atoms with Gasteiger partial charge in [-0.3, -0.25) is 0 Å². The Balaban J connectivity index is 2.26. The Labute approximate surface area is 80.7 Å². The number of rotatable bonds is 0. The van der Waals surface area contributed by atoms with Gasteiger partial charge < -0.3 is 4.74 Å². The highest BCUT2D eigenvalue weighted by Crippen LogP contribution is 2.25. The lowest BCUT2D eigenvalue weighted by Crippen LogP contribution is -1.85. The third-order valence-electron chi connectivity index (χ3n) is 2.02. The Morgan fingerprint density at radius 3 is 3.00 bits per heavy atom. The molecule has 1 nitrogen and oxygen atoms in total. The fraction of sp³-hybridized carbons (Fsp3) is 0.273. The van der Waals surface area contributed by atoms with Crippen LogP contribution in [0.5, 0.6) is 5.75 Å². The molecule has 1 aliphatic heterocycles. The number of ether oxygens (including phenoxy) is 1. The lowest BCUT2D eigenvalue weighted by atomic mass is 10.1. The third kappa shape index (κ3) is 1.85.